The van der Waals surface area contributed by atoms with Crippen molar-refractivity contribution in [2.24, 2.45) is 0 Å². The van der Waals surface area contributed by atoms with E-state index in [1.807, 2.05) is 60.4 Å². The SMILES string of the molecule is Cc1ccc(-c2noc(CN3CCN(C(=O)Cc4ccc(-n5cnnn5)cc4)CC3)n2)cc1. The van der Waals surface area contributed by atoms with Crippen molar-refractivity contribution in [3.63, 3.8) is 0 Å². The number of hydrogen-bond acceptors (Lipinski definition) is 8. The molecule has 0 bridgehead atoms. The van der Waals surface area contributed by atoms with Crippen LogP contribution in [0.15, 0.2) is 59.4 Å². The van der Waals surface area contributed by atoms with Gasteiger partial charge in [-0.3, -0.25) is 9.69 Å². The molecule has 0 N–H and O–H groups in total. The van der Waals surface area contributed by atoms with Crippen LogP contribution in [-0.2, 0) is 17.8 Å². The molecule has 0 saturated carbocycles. The number of aromatic nitrogens is 6. The van der Waals surface area contributed by atoms with E-state index in [1.54, 1.807) is 4.68 Å². The number of nitrogens with zero attached hydrogens (tertiary/aromatic N) is 8. The standard InChI is InChI=1S/C23H24N8O2/c1-17-2-6-19(7-3-17)23-25-21(33-26-23)15-29-10-12-30(13-11-29)22(32)14-18-4-8-20(9-5-18)31-16-24-27-28-31/h2-9,16H,10-15H2,1H3. The highest BCUT2D eigenvalue weighted by atomic mass is 16.5. The van der Waals surface area contributed by atoms with Crippen LogP contribution in [0.2, 0.25) is 0 Å². The first-order valence-corrected chi connectivity index (χ1v) is 10.9. The molecule has 10 heteroatoms. The molecule has 1 amide bonds. The molecule has 2 aromatic heterocycles. The van der Waals surface area contributed by atoms with Crippen LogP contribution in [0.1, 0.15) is 17.0 Å². The van der Waals surface area contributed by atoms with E-state index < -0.39 is 0 Å². The minimum atomic E-state index is 0.129. The quantitative estimate of drug-likeness (QED) is 0.444. The van der Waals surface area contributed by atoms with Gasteiger partial charge >= 0.3 is 0 Å². The molecule has 1 aliphatic heterocycles. The van der Waals surface area contributed by atoms with Crippen LogP contribution >= 0.6 is 0 Å². The van der Waals surface area contributed by atoms with Crippen molar-refractivity contribution in [1.82, 2.24) is 40.1 Å². The molecular weight excluding hydrogens is 420 g/mol. The lowest BCUT2D eigenvalue weighted by molar-refractivity contribution is -0.132. The first kappa shape index (κ1) is 21.0. The van der Waals surface area contributed by atoms with E-state index in [-0.39, 0.29) is 5.91 Å². The Kier molecular flexibility index (Phi) is 5.90. The van der Waals surface area contributed by atoms with Crippen LogP contribution in [0.25, 0.3) is 17.1 Å². The monoisotopic (exact) mass is 444 g/mol. The Morgan fingerprint density at radius 3 is 2.45 bits per heavy atom. The maximum atomic E-state index is 12.8. The molecule has 0 radical (unpaired) electrons. The summed E-state index contributed by atoms with van der Waals surface area (Å²) in [7, 11) is 0. The Bertz CT molecular complexity index is 1190. The highest BCUT2D eigenvalue weighted by Crippen LogP contribution is 2.18. The minimum Gasteiger partial charge on any atom is -0.340 e. The van der Waals surface area contributed by atoms with Gasteiger partial charge in [0.2, 0.25) is 17.6 Å². The molecule has 0 unspecified atom stereocenters. The topological polar surface area (TPSA) is 106 Å². The Morgan fingerprint density at radius 2 is 1.76 bits per heavy atom. The van der Waals surface area contributed by atoms with Crippen LogP contribution in [0.4, 0.5) is 0 Å². The van der Waals surface area contributed by atoms with Gasteiger partial charge < -0.3 is 9.42 Å². The predicted octanol–water partition coefficient (Wildman–Crippen LogP) is 1.91. The Labute approximate surface area is 190 Å². The number of amides is 1. The average Bonchev–Trinajstić information content (AvgIpc) is 3.53. The third kappa shape index (κ3) is 4.96. The summed E-state index contributed by atoms with van der Waals surface area (Å²) >= 11 is 0. The number of benzene rings is 2. The fraction of sp³-hybridized carbons (Fsp3) is 0.304. The lowest BCUT2D eigenvalue weighted by atomic mass is 10.1. The average molecular weight is 444 g/mol. The Morgan fingerprint density at radius 1 is 1.00 bits per heavy atom. The predicted molar refractivity (Wildman–Crippen MR) is 119 cm³/mol. The minimum absolute atomic E-state index is 0.129. The zero-order chi connectivity index (χ0) is 22.6. The summed E-state index contributed by atoms with van der Waals surface area (Å²) in [5, 5.41) is 15.2. The van der Waals surface area contributed by atoms with Gasteiger partial charge in [-0.1, -0.05) is 47.1 Å². The number of carbonyl (C=O) groups excluding carboxylic acids is 1. The van der Waals surface area contributed by atoms with E-state index in [0.717, 1.165) is 29.9 Å². The molecule has 0 atom stereocenters. The number of piperazine rings is 1. The van der Waals surface area contributed by atoms with Crippen LogP contribution in [0, 0.1) is 6.92 Å². The highest BCUT2D eigenvalue weighted by Gasteiger charge is 2.23. The van der Waals surface area contributed by atoms with E-state index >= 15 is 0 Å². The van der Waals surface area contributed by atoms with Crippen molar-refractivity contribution >= 4 is 5.91 Å². The van der Waals surface area contributed by atoms with Gasteiger partial charge in [0.25, 0.3) is 0 Å². The summed E-state index contributed by atoms with van der Waals surface area (Å²) in [5.74, 6) is 1.32. The molecule has 168 valence electrons. The van der Waals surface area contributed by atoms with Gasteiger partial charge in [-0.15, -0.1) is 5.10 Å². The maximum absolute atomic E-state index is 12.8. The van der Waals surface area contributed by atoms with E-state index in [4.69, 9.17) is 4.52 Å². The molecule has 4 aromatic rings. The Hall–Kier alpha value is -3.92. The summed E-state index contributed by atoms with van der Waals surface area (Å²) in [6.45, 7) is 5.53. The fourth-order valence-electron chi connectivity index (χ4n) is 3.82. The number of hydrogen-bond donors (Lipinski definition) is 0. The second-order valence-corrected chi connectivity index (χ2v) is 8.13. The van der Waals surface area contributed by atoms with Crippen LogP contribution < -0.4 is 0 Å². The fourth-order valence-corrected chi connectivity index (χ4v) is 3.82. The molecule has 5 rings (SSSR count). The van der Waals surface area contributed by atoms with Gasteiger partial charge in [-0.2, -0.15) is 4.98 Å². The number of aryl methyl sites for hydroxylation is 1. The van der Waals surface area contributed by atoms with E-state index in [9.17, 15) is 4.79 Å². The smallest absolute Gasteiger partial charge is 0.241 e. The number of tetrazole rings is 1. The van der Waals surface area contributed by atoms with Crippen molar-refractivity contribution < 1.29 is 9.32 Å². The van der Waals surface area contributed by atoms with Gasteiger partial charge in [0.05, 0.1) is 18.7 Å². The van der Waals surface area contributed by atoms with Crippen molar-refractivity contribution in [2.45, 2.75) is 19.9 Å². The molecule has 10 nitrogen and oxygen atoms in total. The highest BCUT2D eigenvalue weighted by molar-refractivity contribution is 5.79. The largest absolute Gasteiger partial charge is 0.340 e. The summed E-state index contributed by atoms with van der Waals surface area (Å²) in [6.07, 6.45) is 1.91. The van der Waals surface area contributed by atoms with E-state index in [0.29, 0.717) is 37.8 Å². The lowest BCUT2D eigenvalue weighted by Gasteiger charge is -2.34. The van der Waals surface area contributed by atoms with Crippen LogP contribution in [0.3, 0.4) is 0 Å². The molecule has 1 aliphatic rings. The van der Waals surface area contributed by atoms with E-state index in [2.05, 4.69) is 30.6 Å². The van der Waals surface area contributed by atoms with Crippen molar-refractivity contribution in [3.05, 3.63) is 71.9 Å². The molecule has 3 heterocycles. The van der Waals surface area contributed by atoms with Gasteiger partial charge in [-0.05, 0) is 35.0 Å². The molecule has 0 spiro atoms. The second kappa shape index (κ2) is 9.29. The van der Waals surface area contributed by atoms with Gasteiger partial charge in [0.15, 0.2) is 0 Å². The second-order valence-electron chi connectivity index (χ2n) is 8.13. The molecule has 2 aromatic carbocycles. The first-order chi connectivity index (χ1) is 16.1. The van der Waals surface area contributed by atoms with Gasteiger partial charge in [0.1, 0.15) is 6.33 Å². The lowest BCUT2D eigenvalue weighted by Crippen LogP contribution is -2.48. The molecule has 0 aliphatic carbocycles. The molecule has 1 saturated heterocycles. The van der Waals surface area contributed by atoms with Crippen LogP contribution in [0.5, 0.6) is 0 Å². The summed E-state index contributed by atoms with van der Waals surface area (Å²) in [6, 6.07) is 15.7. The first-order valence-electron chi connectivity index (χ1n) is 10.9. The third-order valence-electron chi connectivity index (χ3n) is 5.77. The zero-order valence-corrected chi connectivity index (χ0v) is 18.3. The van der Waals surface area contributed by atoms with Crippen molar-refractivity contribution in [2.75, 3.05) is 26.2 Å². The van der Waals surface area contributed by atoms with Crippen LogP contribution in [-0.4, -0.2) is 72.2 Å². The van der Waals surface area contributed by atoms with Gasteiger partial charge in [0, 0.05) is 31.7 Å². The summed E-state index contributed by atoms with van der Waals surface area (Å²) in [5.41, 5.74) is 3.96. The van der Waals surface area contributed by atoms with Crippen molar-refractivity contribution in [1.29, 1.82) is 0 Å². The summed E-state index contributed by atoms with van der Waals surface area (Å²) < 4.78 is 7.03. The van der Waals surface area contributed by atoms with E-state index in [1.165, 1.54) is 11.9 Å². The molecule has 33 heavy (non-hydrogen) atoms. The Balaban J connectivity index is 1.11. The number of carbonyl (C=O) groups is 1. The zero-order valence-electron chi connectivity index (χ0n) is 18.3. The van der Waals surface area contributed by atoms with Gasteiger partial charge in [-0.25, -0.2) is 4.68 Å². The molecular formula is C23H24N8O2. The third-order valence-corrected chi connectivity index (χ3v) is 5.77. The van der Waals surface area contributed by atoms with Crippen molar-refractivity contribution in [3.8, 4) is 17.1 Å². The normalized spacial score (nSPS) is 14.5. The maximum Gasteiger partial charge on any atom is 0.241 e. The molecule has 1 fully saturated rings. The summed E-state index contributed by atoms with van der Waals surface area (Å²) in [4.78, 5) is 21.4. The number of rotatable bonds is 6.